The van der Waals surface area contributed by atoms with Crippen LogP contribution in [0.15, 0.2) is 48.9 Å². The number of aromatic nitrogens is 2. The fourth-order valence-corrected chi connectivity index (χ4v) is 4.31. The second-order valence-corrected chi connectivity index (χ2v) is 9.33. The van der Waals surface area contributed by atoms with Crippen LogP contribution in [0.5, 0.6) is 5.75 Å². The number of rotatable bonds is 9. The molecule has 8 heteroatoms. The smallest absolute Gasteiger partial charge is 0.266 e. The van der Waals surface area contributed by atoms with Crippen molar-refractivity contribution in [3.05, 3.63) is 60.0 Å². The van der Waals surface area contributed by atoms with Crippen molar-refractivity contribution >= 4 is 16.8 Å². The van der Waals surface area contributed by atoms with E-state index in [2.05, 4.69) is 28.3 Å². The first-order chi connectivity index (χ1) is 16.3. The number of fused-ring (bicyclic) bond motifs is 1. The van der Waals surface area contributed by atoms with Gasteiger partial charge in [0.05, 0.1) is 24.8 Å². The molecule has 3 aromatic rings. The zero-order chi connectivity index (χ0) is 24.1. The van der Waals surface area contributed by atoms with Gasteiger partial charge in [0.25, 0.3) is 5.91 Å². The number of para-hydroxylation sites is 1. The molecule has 1 aliphatic rings. The molecule has 1 saturated heterocycles. The molecule has 0 bridgehead atoms. The number of H-pyrrole nitrogens is 1. The lowest BCUT2D eigenvalue weighted by Crippen LogP contribution is -2.52. The van der Waals surface area contributed by atoms with Gasteiger partial charge in [0.1, 0.15) is 5.75 Å². The van der Waals surface area contributed by atoms with Gasteiger partial charge in [-0.05, 0) is 44.9 Å². The number of nitrogens with zero attached hydrogens (tertiary/aromatic N) is 2. The molecule has 34 heavy (non-hydrogen) atoms. The molecule has 2 atom stereocenters. The van der Waals surface area contributed by atoms with Crippen molar-refractivity contribution in [2.75, 3.05) is 32.8 Å². The van der Waals surface area contributed by atoms with Gasteiger partial charge in [0, 0.05) is 55.2 Å². The molecule has 0 aliphatic carbocycles. The molecule has 8 nitrogen and oxygen atoms in total. The monoisotopic (exact) mass is 466 g/mol. The minimum absolute atomic E-state index is 0.0374. The molecular formula is C26H34N4O4. The van der Waals surface area contributed by atoms with Crippen molar-refractivity contribution in [2.24, 2.45) is 0 Å². The van der Waals surface area contributed by atoms with E-state index >= 15 is 0 Å². The van der Waals surface area contributed by atoms with Crippen LogP contribution in [0.2, 0.25) is 0 Å². The summed E-state index contributed by atoms with van der Waals surface area (Å²) in [5.74, 6) is 0.618. The number of nitrogens with one attached hydrogen (secondary N) is 2. The van der Waals surface area contributed by atoms with Crippen molar-refractivity contribution in [1.82, 2.24) is 20.2 Å². The van der Waals surface area contributed by atoms with Gasteiger partial charge in [-0.25, -0.2) is 0 Å². The van der Waals surface area contributed by atoms with E-state index in [1.165, 1.54) is 0 Å². The average molecular weight is 467 g/mol. The molecule has 1 aromatic carbocycles. The lowest BCUT2D eigenvalue weighted by atomic mass is 10.0. The Morgan fingerprint density at radius 2 is 2.09 bits per heavy atom. The lowest BCUT2D eigenvalue weighted by molar-refractivity contribution is -0.149. The molecule has 3 heterocycles. The molecule has 1 aliphatic heterocycles. The Balaban J connectivity index is 1.41. The normalized spacial score (nSPS) is 16.4. The second-order valence-electron chi connectivity index (χ2n) is 9.33. The van der Waals surface area contributed by atoms with Crippen molar-refractivity contribution in [1.29, 1.82) is 0 Å². The van der Waals surface area contributed by atoms with Gasteiger partial charge >= 0.3 is 0 Å². The van der Waals surface area contributed by atoms with Gasteiger partial charge in [0.15, 0.2) is 5.60 Å². The number of ether oxygens (including phenoxy) is 2. The number of aromatic amines is 1. The van der Waals surface area contributed by atoms with E-state index in [-0.39, 0.29) is 11.9 Å². The highest BCUT2D eigenvalue weighted by Crippen LogP contribution is 2.31. The van der Waals surface area contributed by atoms with Crippen LogP contribution in [0, 0.1) is 0 Å². The minimum Gasteiger partial charge on any atom is -0.476 e. The summed E-state index contributed by atoms with van der Waals surface area (Å²) >= 11 is 0. The molecule has 182 valence electrons. The van der Waals surface area contributed by atoms with Crippen molar-refractivity contribution in [3.63, 3.8) is 0 Å². The first-order valence-electron chi connectivity index (χ1n) is 11.8. The van der Waals surface area contributed by atoms with Crippen LogP contribution >= 0.6 is 0 Å². The maximum absolute atomic E-state index is 13.0. The quantitative estimate of drug-likeness (QED) is 0.449. The molecule has 1 amide bonds. The molecular weight excluding hydrogens is 432 g/mol. The number of hydrogen-bond donors (Lipinski definition) is 3. The number of carbonyl (C=O) groups is 1. The predicted molar refractivity (Wildman–Crippen MR) is 131 cm³/mol. The van der Waals surface area contributed by atoms with Crippen LogP contribution in [0.3, 0.4) is 0 Å². The zero-order valence-electron chi connectivity index (χ0n) is 20.1. The highest BCUT2D eigenvalue weighted by molar-refractivity contribution is 5.90. The van der Waals surface area contributed by atoms with Crippen LogP contribution in [0.4, 0.5) is 0 Å². The van der Waals surface area contributed by atoms with E-state index in [0.29, 0.717) is 38.6 Å². The van der Waals surface area contributed by atoms with Gasteiger partial charge < -0.3 is 29.8 Å². The Labute approximate surface area is 200 Å². The second kappa shape index (κ2) is 10.5. The summed E-state index contributed by atoms with van der Waals surface area (Å²) in [6, 6.07) is 9.74. The molecule has 1 fully saturated rings. The number of hydrogen-bond acceptors (Lipinski definition) is 6. The van der Waals surface area contributed by atoms with Crippen molar-refractivity contribution < 1.29 is 19.4 Å². The number of amides is 1. The van der Waals surface area contributed by atoms with Crippen LogP contribution in [0.1, 0.15) is 38.0 Å². The summed E-state index contributed by atoms with van der Waals surface area (Å²) in [5.41, 5.74) is 1.83. The largest absolute Gasteiger partial charge is 0.476 e. The summed E-state index contributed by atoms with van der Waals surface area (Å²) in [4.78, 5) is 22.2. The van der Waals surface area contributed by atoms with Gasteiger partial charge in [-0.3, -0.25) is 9.78 Å². The highest BCUT2D eigenvalue weighted by Gasteiger charge is 2.35. The highest BCUT2D eigenvalue weighted by atomic mass is 16.5. The lowest BCUT2D eigenvalue weighted by Gasteiger charge is -2.34. The molecule has 3 N–H and O–H groups in total. The summed E-state index contributed by atoms with van der Waals surface area (Å²) in [5, 5.41) is 14.9. The fourth-order valence-electron chi connectivity index (χ4n) is 4.31. The van der Waals surface area contributed by atoms with E-state index in [1.807, 2.05) is 44.3 Å². The summed E-state index contributed by atoms with van der Waals surface area (Å²) in [6.07, 6.45) is 5.54. The maximum atomic E-state index is 13.0. The van der Waals surface area contributed by atoms with Crippen molar-refractivity contribution in [3.8, 4) is 5.75 Å². The average Bonchev–Trinajstić information content (AvgIpc) is 3.26. The minimum atomic E-state index is -0.992. The Kier molecular flexibility index (Phi) is 7.50. The Morgan fingerprint density at radius 3 is 2.82 bits per heavy atom. The van der Waals surface area contributed by atoms with E-state index in [0.717, 1.165) is 28.5 Å². The first-order valence-corrected chi connectivity index (χ1v) is 11.8. The third kappa shape index (κ3) is 5.58. The van der Waals surface area contributed by atoms with Gasteiger partial charge in [-0.15, -0.1) is 0 Å². The van der Waals surface area contributed by atoms with Crippen LogP contribution in [-0.4, -0.2) is 70.4 Å². The standard InChI is InChI=1S/C26H34N4O4/c1-18(28-17-22(31)19-6-5-9-27-15-19)14-20-16-29-24-21(20)7-4-8-23(24)34-26(2,3)25(32)30-10-12-33-13-11-30/h4-9,15-16,18,22,28-29,31H,10-14,17H2,1-3H3/t18-,22+/m1/s1. The van der Waals surface area contributed by atoms with Crippen molar-refractivity contribution in [2.45, 2.75) is 44.9 Å². The van der Waals surface area contributed by atoms with E-state index in [9.17, 15) is 9.90 Å². The Bertz CT molecular complexity index is 1090. The fraction of sp³-hybridized carbons (Fsp3) is 0.462. The van der Waals surface area contributed by atoms with E-state index < -0.39 is 11.7 Å². The molecule has 0 radical (unpaired) electrons. The summed E-state index contributed by atoms with van der Waals surface area (Å²) in [7, 11) is 0. The molecule has 0 saturated carbocycles. The van der Waals surface area contributed by atoms with Crippen LogP contribution in [-0.2, 0) is 16.0 Å². The third-order valence-corrected chi connectivity index (χ3v) is 6.20. The van der Waals surface area contributed by atoms with Crippen LogP contribution in [0.25, 0.3) is 10.9 Å². The predicted octanol–water partition coefficient (Wildman–Crippen LogP) is 2.83. The van der Waals surface area contributed by atoms with Gasteiger partial charge in [-0.1, -0.05) is 18.2 Å². The summed E-state index contributed by atoms with van der Waals surface area (Å²) < 4.78 is 11.6. The SMILES string of the molecule is C[C@H](Cc1c[nH]c2c(OC(C)(C)C(=O)N3CCOCC3)cccc12)NC[C@H](O)c1cccnc1. The van der Waals surface area contributed by atoms with Gasteiger partial charge in [0.2, 0.25) is 0 Å². The molecule has 4 rings (SSSR count). The maximum Gasteiger partial charge on any atom is 0.266 e. The molecule has 0 unspecified atom stereocenters. The number of morpholine rings is 1. The number of pyridine rings is 1. The first kappa shape index (κ1) is 24.2. The third-order valence-electron chi connectivity index (χ3n) is 6.20. The Hall–Kier alpha value is -2.94. The van der Waals surface area contributed by atoms with E-state index in [1.54, 1.807) is 17.3 Å². The van der Waals surface area contributed by atoms with Gasteiger partial charge in [-0.2, -0.15) is 0 Å². The topological polar surface area (TPSA) is 99.7 Å². The number of carbonyl (C=O) groups excluding carboxylic acids is 1. The van der Waals surface area contributed by atoms with E-state index in [4.69, 9.17) is 9.47 Å². The molecule has 0 spiro atoms. The Morgan fingerprint density at radius 1 is 1.29 bits per heavy atom. The number of aliphatic hydroxyl groups excluding tert-OH is 1. The number of benzene rings is 1. The molecule has 2 aromatic heterocycles. The van der Waals surface area contributed by atoms with Crippen LogP contribution < -0.4 is 10.1 Å². The summed E-state index contributed by atoms with van der Waals surface area (Å²) in [6.45, 7) is 8.46. The zero-order valence-corrected chi connectivity index (χ0v) is 20.1. The number of aliphatic hydroxyl groups is 1.